The van der Waals surface area contributed by atoms with E-state index in [4.69, 9.17) is 9.84 Å². The fourth-order valence-corrected chi connectivity index (χ4v) is 4.41. The minimum Gasteiger partial charge on any atom is -0.485 e. The van der Waals surface area contributed by atoms with Crippen LogP contribution in [-0.4, -0.2) is 40.0 Å². The minimum atomic E-state index is -1.11. The number of rotatable bonds is 7. The summed E-state index contributed by atoms with van der Waals surface area (Å²) in [6, 6.07) is 13.2. The van der Waals surface area contributed by atoms with Crippen molar-refractivity contribution < 1.29 is 28.2 Å². The topological polar surface area (TPSA) is 79.7 Å². The molecule has 182 valence electrons. The molecule has 4 rings (SSSR count). The Morgan fingerprint density at radius 3 is 2.54 bits per heavy atom. The van der Waals surface area contributed by atoms with E-state index in [0.29, 0.717) is 18.8 Å². The third kappa shape index (κ3) is 5.82. The summed E-state index contributed by atoms with van der Waals surface area (Å²) in [5, 5.41) is 8.82. The molecule has 0 atom stereocenters. The van der Waals surface area contributed by atoms with Crippen LogP contribution in [0.4, 0.5) is 8.78 Å². The fraction of sp³-hybridized carbons (Fsp3) is 0.296. The molecular weight excluding hydrogens is 454 g/mol. The number of aliphatic carboxylic acids is 1. The number of ether oxygens (including phenoxy) is 1. The number of hydrogen-bond donors (Lipinski definition) is 1. The number of pyridine rings is 1. The van der Waals surface area contributed by atoms with Gasteiger partial charge in [-0.2, -0.15) is 0 Å². The van der Waals surface area contributed by atoms with Crippen molar-refractivity contribution in [1.82, 2.24) is 9.88 Å². The van der Waals surface area contributed by atoms with Gasteiger partial charge in [-0.25, -0.2) is 8.78 Å². The number of amides is 1. The van der Waals surface area contributed by atoms with E-state index in [0.717, 1.165) is 35.6 Å². The summed E-state index contributed by atoms with van der Waals surface area (Å²) in [4.78, 5) is 28.6. The smallest absolute Gasteiger partial charge is 0.312 e. The molecule has 3 aromatic rings. The SMILES string of the molecule is Cc1cc(C2CCN(C(=O)CC(=O)O)CC2)ccc1COc1c(F)cc(F)cc1-c1ccccn1. The van der Waals surface area contributed by atoms with Crippen LogP contribution >= 0.6 is 0 Å². The van der Waals surface area contributed by atoms with E-state index in [1.807, 2.05) is 19.1 Å². The first-order chi connectivity index (χ1) is 16.8. The summed E-state index contributed by atoms with van der Waals surface area (Å²) in [7, 11) is 0. The highest BCUT2D eigenvalue weighted by Crippen LogP contribution is 2.34. The number of piperidine rings is 1. The van der Waals surface area contributed by atoms with Gasteiger partial charge in [0.2, 0.25) is 5.91 Å². The molecule has 0 unspecified atom stereocenters. The van der Waals surface area contributed by atoms with Gasteiger partial charge in [0.25, 0.3) is 0 Å². The summed E-state index contributed by atoms with van der Waals surface area (Å²) < 4.78 is 34.3. The molecule has 8 heteroatoms. The first kappa shape index (κ1) is 24.3. The summed E-state index contributed by atoms with van der Waals surface area (Å²) in [6.07, 6.45) is 2.59. The lowest BCUT2D eigenvalue weighted by atomic mass is 9.87. The van der Waals surface area contributed by atoms with Crippen LogP contribution < -0.4 is 4.74 Å². The second-order valence-corrected chi connectivity index (χ2v) is 8.68. The first-order valence-electron chi connectivity index (χ1n) is 11.4. The van der Waals surface area contributed by atoms with Crippen molar-refractivity contribution in [3.8, 4) is 17.0 Å². The highest BCUT2D eigenvalue weighted by molar-refractivity contribution is 5.93. The number of nitrogens with zero attached hydrogens (tertiary/aromatic N) is 2. The average molecular weight is 481 g/mol. The molecule has 1 N–H and O–H groups in total. The summed E-state index contributed by atoms with van der Waals surface area (Å²) in [5.41, 5.74) is 3.66. The van der Waals surface area contributed by atoms with E-state index in [9.17, 15) is 18.4 Å². The number of benzene rings is 2. The van der Waals surface area contributed by atoms with Crippen molar-refractivity contribution in [2.75, 3.05) is 13.1 Å². The number of halogens is 2. The van der Waals surface area contributed by atoms with Crippen LogP contribution in [0.3, 0.4) is 0 Å². The summed E-state index contributed by atoms with van der Waals surface area (Å²) >= 11 is 0. The zero-order chi connectivity index (χ0) is 24.9. The number of aryl methyl sites for hydroxylation is 1. The standard InChI is InChI=1S/C27H26F2N2O4/c1-17-12-19(18-7-10-31(11-8-18)25(32)15-26(33)34)5-6-20(17)16-35-27-22(13-21(28)14-23(27)29)24-4-2-3-9-30-24/h2-6,9,12-14,18H,7-8,10-11,15-16H2,1H3,(H,33,34). The van der Waals surface area contributed by atoms with Gasteiger partial charge >= 0.3 is 5.97 Å². The number of aromatic nitrogens is 1. The maximum Gasteiger partial charge on any atom is 0.312 e. The molecular formula is C27H26F2N2O4. The molecule has 6 nitrogen and oxygen atoms in total. The molecule has 0 spiro atoms. The number of carbonyl (C=O) groups is 2. The van der Waals surface area contributed by atoms with Crippen LogP contribution in [0.25, 0.3) is 11.3 Å². The first-order valence-corrected chi connectivity index (χ1v) is 11.4. The second-order valence-electron chi connectivity index (χ2n) is 8.68. The van der Waals surface area contributed by atoms with Crippen molar-refractivity contribution in [1.29, 1.82) is 0 Å². The van der Waals surface area contributed by atoms with E-state index < -0.39 is 24.0 Å². The zero-order valence-corrected chi connectivity index (χ0v) is 19.3. The molecule has 0 aliphatic carbocycles. The van der Waals surface area contributed by atoms with E-state index in [-0.39, 0.29) is 29.7 Å². The predicted octanol–water partition coefficient (Wildman–Crippen LogP) is 5.09. The third-order valence-electron chi connectivity index (χ3n) is 6.31. The monoisotopic (exact) mass is 480 g/mol. The Morgan fingerprint density at radius 1 is 1.11 bits per heavy atom. The van der Waals surface area contributed by atoms with E-state index in [1.54, 1.807) is 29.3 Å². The number of carboxylic acids is 1. The molecule has 1 aromatic heterocycles. The van der Waals surface area contributed by atoms with Crippen LogP contribution in [0.1, 0.15) is 41.9 Å². The molecule has 0 saturated carbocycles. The quantitative estimate of drug-likeness (QED) is 0.476. The second kappa shape index (κ2) is 10.6. The van der Waals surface area contributed by atoms with Gasteiger partial charge < -0.3 is 14.7 Å². The maximum absolute atomic E-state index is 14.6. The van der Waals surface area contributed by atoms with Gasteiger partial charge in [-0.1, -0.05) is 24.3 Å². The van der Waals surface area contributed by atoms with E-state index >= 15 is 0 Å². The van der Waals surface area contributed by atoms with E-state index in [2.05, 4.69) is 11.1 Å². The molecule has 1 saturated heterocycles. The summed E-state index contributed by atoms with van der Waals surface area (Å²) in [6.45, 7) is 3.12. The van der Waals surface area contributed by atoms with Crippen LogP contribution in [-0.2, 0) is 16.2 Å². The lowest BCUT2D eigenvalue weighted by Crippen LogP contribution is -2.38. The molecule has 2 heterocycles. The van der Waals surface area contributed by atoms with Crippen LogP contribution in [0.2, 0.25) is 0 Å². The van der Waals surface area contributed by atoms with Gasteiger partial charge in [0.05, 0.1) is 5.69 Å². The number of likely N-dealkylation sites (tertiary alicyclic amines) is 1. The molecule has 1 aliphatic rings. The molecule has 1 fully saturated rings. The Balaban J connectivity index is 1.44. The van der Waals surface area contributed by atoms with Gasteiger partial charge in [0, 0.05) is 30.9 Å². The molecule has 35 heavy (non-hydrogen) atoms. The van der Waals surface area contributed by atoms with Crippen molar-refractivity contribution in [2.45, 2.75) is 38.7 Å². The maximum atomic E-state index is 14.6. The average Bonchev–Trinajstić information content (AvgIpc) is 2.84. The Bertz CT molecular complexity index is 1230. The lowest BCUT2D eigenvalue weighted by molar-refractivity contribution is -0.144. The molecule has 0 bridgehead atoms. The van der Waals surface area contributed by atoms with Gasteiger partial charge in [-0.15, -0.1) is 0 Å². The van der Waals surface area contributed by atoms with Crippen LogP contribution in [0.5, 0.6) is 5.75 Å². The number of hydrogen-bond acceptors (Lipinski definition) is 4. The van der Waals surface area contributed by atoms with Crippen molar-refractivity contribution >= 4 is 11.9 Å². The predicted molar refractivity (Wildman–Crippen MR) is 126 cm³/mol. The highest BCUT2D eigenvalue weighted by Gasteiger charge is 2.25. The Morgan fingerprint density at radius 2 is 1.89 bits per heavy atom. The number of carbonyl (C=O) groups excluding carboxylic acids is 1. The normalized spacial score (nSPS) is 14.1. The molecule has 2 aromatic carbocycles. The van der Waals surface area contributed by atoms with Gasteiger partial charge in [0.15, 0.2) is 11.6 Å². The van der Waals surface area contributed by atoms with Crippen LogP contribution in [0.15, 0.2) is 54.7 Å². The van der Waals surface area contributed by atoms with Gasteiger partial charge in [0.1, 0.15) is 18.8 Å². The van der Waals surface area contributed by atoms with Gasteiger partial charge in [-0.05, 0) is 60.6 Å². The molecule has 1 amide bonds. The van der Waals surface area contributed by atoms with Crippen molar-refractivity contribution in [2.24, 2.45) is 0 Å². The van der Waals surface area contributed by atoms with Crippen molar-refractivity contribution in [3.05, 3.63) is 83.1 Å². The Hall–Kier alpha value is -3.81. The molecule has 0 radical (unpaired) electrons. The summed E-state index contributed by atoms with van der Waals surface area (Å²) in [5.74, 6) is -2.73. The van der Waals surface area contributed by atoms with Crippen LogP contribution in [0, 0.1) is 18.6 Å². The molecule has 1 aliphatic heterocycles. The highest BCUT2D eigenvalue weighted by atomic mass is 19.1. The van der Waals surface area contributed by atoms with Crippen molar-refractivity contribution in [3.63, 3.8) is 0 Å². The fourth-order valence-electron chi connectivity index (χ4n) is 4.41. The number of carboxylic acid groups (broad SMARTS) is 1. The largest absolute Gasteiger partial charge is 0.485 e. The third-order valence-corrected chi connectivity index (χ3v) is 6.31. The van der Waals surface area contributed by atoms with E-state index in [1.165, 1.54) is 6.07 Å². The Kier molecular flexibility index (Phi) is 7.39. The minimum absolute atomic E-state index is 0.0491. The lowest BCUT2D eigenvalue weighted by Gasteiger charge is -2.32. The Labute approximate surface area is 202 Å². The van der Waals surface area contributed by atoms with Gasteiger partial charge in [-0.3, -0.25) is 14.6 Å². The zero-order valence-electron chi connectivity index (χ0n) is 19.3.